The quantitative estimate of drug-likeness (QED) is 0.627. The van der Waals surface area contributed by atoms with E-state index in [1.165, 1.54) is 6.20 Å². The van der Waals surface area contributed by atoms with Crippen LogP contribution < -0.4 is 10.1 Å². The highest BCUT2D eigenvalue weighted by molar-refractivity contribution is 6.12. The Morgan fingerprint density at radius 1 is 1.21 bits per heavy atom. The van der Waals surface area contributed by atoms with E-state index in [0.717, 1.165) is 5.39 Å². The first-order valence-corrected chi connectivity index (χ1v) is 7.28. The smallest absolute Gasteiger partial charge is 0.259 e. The summed E-state index contributed by atoms with van der Waals surface area (Å²) in [5, 5.41) is 7.88. The van der Waals surface area contributed by atoms with Crippen LogP contribution in [0.2, 0.25) is 0 Å². The van der Waals surface area contributed by atoms with Gasteiger partial charge in [0.2, 0.25) is 0 Å². The second-order valence-corrected chi connectivity index (χ2v) is 5.13. The van der Waals surface area contributed by atoms with E-state index in [9.17, 15) is 4.79 Å². The molecule has 0 unspecified atom stereocenters. The molecular weight excluding hydrogens is 306 g/mol. The van der Waals surface area contributed by atoms with E-state index in [1.54, 1.807) is 48.5 Å². The van der Waals surface area contributed by atoms with Gasteiger partial charge in [-0.05, 0) is 24.3 Å². The van der Waals surface area contributed by atoms with Gasteiger partial charge < -0.3 is 10.1 Å². The van der Waals surface area contributed by atoms with Gasteiger partial charge in [-0.1, -0.05) is 0 Å². The normalized spacial score (nSPS) is 10.9. The molecule has 24 heavy (non-hydrogen) atoms. The molecule has 0 aliphatic heterocycles. The highest BCUT2D eigenvalue weighted by Crippen LogP contribution is 2.30. The van der Waals surface area contributed by atoms with E-state index < -0.39 is 0 Å². The maximum absolute atomic E-state index is 12.6. The van der Waals surface area contributed by atoms with E-state index in [4.69, 9.17) is 4.74 Å². The van der Waals surface area contributed by atoms with Crippen molar-refractivity contribution in [2.75, 3.05) is 12.4 Å². The second kappa shape index (κ2) is 5.62. The average molecular weight is 319 g/mol. The van der Waals surface area contributed by atoms with Crippen molar-refractivity contribution >= 4 is 28.0 Å². The molecule has 4 aromatic rings. The predicted octanol–water partition coefficient (Wildman–Crippen LogP) is 2.54. The number of fused-ring (bicyclic) bond motifs is 2. The second-order valence-electron chi connectivity index (χ2n) is 5.13. The van der Waals surface area contributed by atoms with Crippen LogP contribution in [0.3, 0.4) is 0 Å². The van der Waals surface area contributed by atoms with E-state index in [-0.39, 0.29) is 5.91 Å². The number of nitrogens with one attached hydrogen (secondary N) is 1. The Morgan fingerprint density at radius 2 is 2.12 bits per heavy atom. The minimum Gasteiger partial charge on any atom is -0.496 e. The highest BCUT2D eigenvalue weighted by Gasteiger charge is 2.15. The maximum atomic E-state index is 12.6. The van der Waals surface area contributed by atoms with Crippen LogP contribution in [0.15, 0.2) is 55.2 Å². The largest absolute Gasteiger partial charge is 0.496 e. The summed E-state index contributed by atoms with van der Waals surface area (Å²) in [5.74, 6) is 0.436. The number of hydrogen-bond donors (Lipinski definition) is 1. The van der Waals surface area contributed by atoms with Crippen LogP contribution in [0.5, 0.6) is 5.75 Å². The van der Waals surface area contributed by atoms with Crippen LogP contribution in [0.1, 0.15) is 10.4 Å². The van der Waals surface area contributed by atoms with Crippen molar-refractivity contribution in [1.29, 1.82) is 0 Å². The molecule has 4 rings (SSSR count). The van der Waals surface area contributed by atoms with Gasteiger partial charge in [0.05, 0.1) is 41.8 Å². The third-order valence-electron chi connectivity index (χ3n) is 3.77. The zero-order valence-electron chi connectivity index (χ0n) is 12.8. The van der Waals surface area contributed by atoms with Crippen molar-refractivity contribution in [2.45, 2.75) is 0 Å². The number of benzene rings is 1. The summed E-state index contributed by atoms with van der Waals surface area (Å²) in [4.78, 5) is 21.0. The molecule has 118 valence electrons. The number of carbonyl (C=O) groups excluding carboxylic acids is 1. The average Bonchev–Trinajstić information content (AvgIpc) is 3.06. The highest BCUT2D eigenvalue weighted by atomic mass is 16.5. The van der Waals surface area contributed by atoms with Crippen LogP contribution in [-0.4, -0.2) is 32.6 Å². The third-order valence-corrected chi connectivity index (χ3v) is 3.77. The molecule has 7 nitrogen and oxygen atoms in total. The third kappa shape index (κ3) is 2.23. The summed E-state index contributed by atoms with van der Waals surface area (Å²) in [6.07, 6.45) is 8.10. The summed E-state index contributed by atoms with van der Waals surface area (Å²) in [6, 6.07) is 7.30. The minimum absolute atomic E-state index is 0.268. The van der Waals surface area contributed by atoms with Crippen LogP contribution in [-0.2, 0) is 0 Å². The molecule has 1 N–H and O–H groups in total. The molecule has 3 aromatic heterocycles. The topological polar surface area (TPSA) is 81.4 Å². The summed E-state index contributed by atoms with van der Waals surface area (Å²) in [5.41, 5.74) is 2.36. The SMILES string of the molecule is COc1ccc(NC(=O)c2cnn3ccncc23)c2ncccc12. The summed E-state index contributed by atoms with van der Waals surface area (Å²) >= 11 is 0. The fraction of sp³-hybridized carbons (Fsp3) is 0.0588. The van der Waals surface area contributed by atoms with Crippen LogP contribution >= 0.6 is 0 Å². The van der Waals surface area contributed by atoms with Gasteiger partial charge >= 0.3 is 0 Å². The fourth-order valence-corrected chi connectivity index (χ4v) is 2.62. The standard InChI is InChI=1S/C17H13N5O2/c1-24-15-5-4-13(16-11(15)3-2-6-19-16)21-17(23)12-9-20-22-8-7-18-10-14(12)22/h2-10H,1H3,(H,21,23). The Balaban J connectivity index is 1.76. The lowest BCUT2D eigenvalue weighted by atomic mass is 10.1. The first-order chi connectivity index (χ1) is 11.8. The lowest BCUT2D eigenvalue weighted by molar-refractivity contribution is 0.102. The minimum atomic E-state index is -0.268. The zero-order valence-corrected chi connectivity index (χ0v) is 12.8. The maximum Gasteiger partial charge on any atom is 0.259 e. The number of aromatic nitrogens is 4. The number of ether oxygens (including phenoxy) is 1. The number of pyridine rings is 1. The molecule has 7 heteroatoms. The number of anilines is 1. The molecule has 0 aliphatic carbocycles. The lowest BCUT2D eigenvalue weighted by Crippen LogP contribution is -2.12. The van der Waals surface area contributed by atoms with E-state index in [2.05, 4.69) is 20.4 Å². The number of hydrogen-bond acceptors (Lipinski definition) is 5. The Labute approximate surface area is 136 Å². The van der Waals surface area contributed by atoms with Gasteiger partial charge in [-0.3, -0.25) is 14.8 Å². The first-order valence-electron chi connectivity index (χ1n) is 7.28. The molecule has 1 aromatic carbocycles. The molecule has 0 spiro atoms. The molecule has 0 saturated heterocycles. The number of nitrogens with zero attached hydrogens (tertiary/aromatic N) is 4. The van der Waals surface area contributed by atoms with Crippen molar-refractivity contribution in [1.82, 2.24) is 19.6 Å². The summed E-state index contributed by atoms with van der Waals surface area (Å²) in [7, 11) is 1.60. The van der Waals surface area contributed by atoms with Gasteiger partial charge in [-0.25, -0.2) is 4.52 Å². The fourth-order valence-electron chi connectivity index (χ4n) is 2.62. The molecule has 0 radical (unpaired) electrons. The summed E-state index contributed by atoms with van der Waals surface area (Å²) in [6.45, 7) is 0. The summed E-state index contributed by atoms with van der Waals surface area (Å²) < 4.78 is 6.95. The molecule has 0 bridgehead atoms. The number of rotatable bonds is 3. The monoisotopic (exact) mass is 319 g/mol. The van der Waals surface area contributed by atoms with Crippen LogP contribution in [0, 0.1) is 0 Å². The van der Waals surface area contributed by atoms with Gasteiger partial charge in [-0.2, -0.15) is 5.10 Å². The predicted molar refractivity (Wildman–Crippen MR) is 89.2 cm³/mol. The van der Waals surface area contributed by atoms with E-state index >= 15 is 0 Å². The molecule has 0 aliphatic rings. The van der Waals surface area contributed by atoms with Crippen LogP contribution in [0.4, 0.5) is 5.69 Å². The van der Waals surface area contributed by atoms with Crippen molar-refractivity contribution in [2.24, 2.45) is 0 Å². The Morgan fingerprint density at radius 3 is 3.00 bits per heavy atom. The van der Waals surface area contributed by atoms with E-state index in [0.29, 0.717) is 28.0 Å². The molecule has 0 fully saturated rings. The number of amides is 1. The van der Waals surface area contributed by atoms with Gasteiger partial charge in [0.1, 0.15) is 5.75 Å². The van der Waals surface area contributed by atoms with Gasteiger partial charge in [0.25, 0.3) is 5.91 Å². The molecule has 0 saturated carbocycles. The van der Waals surface area contributed by atoms with Gasteiger partial charge in [0.15, 0.2) is 0 Å². The molecule has 0 atom stereocenters. The zero-order chi connectivity index (χ0) is 16.5. The molecule has 3 heterocycles. The van der Waals surface area contributed by atoms with Crippen molar-refractivity contribution in [3.05, 3.63) is 60.8 Å². The van der Waals surface area contributed by atoms with Crippen molar-refractivity contribution in [3.63, 3.8) is 0 Å². The number of carbonyl (C=O) groups is 1. The molecule has 1 amide bonds. The Bertz CT molecular complexity index is 1060. The van der Waals surface area contributed by atoms with Crippen molar-refractivity contribution in [3.8, 4) is 5.75 Å². The van der Waals surface area contributed by atoms with Crippen molar-refractivity contribution < 1.29 is 9.53 Å². The van der Waals surface area contributed by atoms with Gasteiger partial charge in [0, 0.05) is 24.0 Å². The Hall–Kier alpha value is -3.48. The Kier molecular flexibility index (Phi) is 3.31. The molecular formula is C17H13N5O2. The van der Waals surface area contributed by atoms with Gasteiger partial charge in [-0.15, -0.1) is 0 Å². The number of methoxy groups -OCH3 is 1. The van der Waals surface area contributed by atoms with Crippen LogP contribution in [0.25, 0.3) is 16.4 Å². The first kappa shape index (κ1) is 14.1. The lowest BCUT2D eigenvalue weighted by Gasteiger charge is -2.10. The van der Waals surface area contributed by atoms with E-state index in [1.807, 2.05) is 12.1 Å².